The highest BCUT2D eigenvalue weighted by molar-refractivity contribution is 5.87. The smallest absolute Gasteiger partial charge is 0.333 e. The molecule has 4 nitrogen and oxygen atoms in total. The van der Waals surface area contributed by atoms with Crippen molar-refractivity contribution in [1.82, 2.24) is 0 Å². The molecule has 0 N–H and O–H groups in total. The van der Waals surface area contributed by atoms with Gasteiger partial charge >= 0.3 is 11.9 Å². The molecule has 0 heterocycles. The molecule has 4 heteroatoms. The third kappa shape index (κ3) is 5.34. The Balaban J connectivity index is 2.14. The van der Waals surface area contributed by atoms with Crippen molar-refractivity contribution in [3.8, 4) is 0 Å². The summed E-state index contributed by atoms with van der Waals surface area (Å²) < 4.78 is 10.2. The van der Waals surface area contributed by atoms with Crippen molar-refractivity contribution in [2.45, 2.75) is 52.1 Å². The Labute approximate surface area is 108 Å². The number of ether oxygens (including phenoxy) is 2. The zero-order valence-electron chi connectivity index (χ0n) is 11.2. The van der Waals surface area contributed by atoms with Crippen LogP contribution in [0.25, 0.3) is 0 Å². The summed E-state index contributed by atoms with van der Waals surface area (Å²) in [7, 11) is 0. The van der Waals surface area contributed by atoms with Gasteiger partial charge in [0.2, 0.25) is 0 Å². The maximum absolute atomic E-state index is 11.5. The lowest BCUT2D eigenvalue weighted by Crippen LogP contribution is -2.24. The third-order valence-corrected chi connectivity index (χ3v) is 3.15. The molecule has 0 spiro atoms. The molecule has 0 atom stereocenters. The molecular weight excluding hydrogens is 232 g/mol. The van der Waals surface area contributed by atoms with E-state index >= 15 is 0 Å². The van der Waals surface area contributed by atoms with Gasteiger partial charge in [-0.2, -0.15) is 0 Å². The van der Waals surface area contributed by atoms with E-state index in [2.05, 4.69) is 13.5 Å². The third-order valence-electron chi connectivity index (χ3n) is 3.15. The highest BCUT2D eigenvalue weighted by atomic mass is 16.6. The quantitative estimate of drug-likeness (QED) is 0.559. The fraction of sp³-hybridized carbons (Fsp3) is 0.714. The molecule has 0 unspecified atom stereocenters. The molecule has 1 fully saturated rings. The first kappa shape index (κ1) is 14.7. The summed E-state index contributed by atoms with van der Waals surface area (Å²) >= 11 is 0. The molecule has 1 aliphatic carbocycles. The minimum Gasteiger partial charge on any atom is -0.462 e. The lowest BCUT2D eigenvalue weighted by Gasteiger charge is -2.25. The van der Waals surface area contributed by atoms with Crippen LogP contribution in [0.3, 0.4) is 0 Å². The van der Waals surface area contributed by atoms with Crippen molar-refractivity contribution in [1.29, 1.82) is 0 Å². The molecule has 1 saturated carbocycles. The Morgan fingerprint density at radius 1 is 1.22 bits per heavy atom. The molecule has 0 aromatic rings. The molecule has 0 aliphatic heterocycles. The number of hydrogen-bond donors (Lipinski definition) is 0. The lowest BCUT2D eigenvalue weighted by molar-refractivity contribution is -0.153. The van der Waals surface area contributed by atoms with Gasteiger partial charge in [0.25, 0.3) is 0 Å². The predicted octanol–water partition coefficient (Wildman–Crippen LogP) is 2.62. The summed E-state index contributed by atoms with van der Waals surface area (Å²) in [4.78, 5) is 22.6. The Kier molecular flexibility index (Phi) is 5.89. The Morgan fingerprint density at radius 3 is 2.39 bits per heavy atom. The summed E-state index contributed by atoms with van der Waals surface area (Å²) in [5, 5.41) is 0. The number of carbonyl (C=O) groups is 2. The monoisotopic (exact) mass is 254 g/mol. The van der Waals surface area contributed by atoms with Crippen LogP contribution in [-0.4, -0.2) is 24.6 Å². The topological polar surface area (TPSA) is 52.6 Å². The molecule has 0 aromatic heterocycles. The number of carbonyl (C=O) groups excluding carboxylic acids is 2. The van der Waals surface area contributed by atoms with Gasteiger partial charge in [-0.3, -0.25) is 4.79 Å². The van der Waals surface area contributed by atoms with Crippen molar-refractivity contribution in [2.75, 3.05) is 6.61 Å². The predicted molar refractivity (Wildman–Crippen MR) is 67.9 cm³/mol. The number of esters is 2. The first-order valence-electron chi connectivity index (χ1n) is 6.51. The molecule has 0 bridgehead atoms. The van der Waals surface area contributed by atoms with Gasteiger partial charge in [-0.1, -0.05) is 13.5 Å². The standard InChI is InChI=1S/C14H22O4/c1-10(2)14(16)17-9-8-13(15)18-12-6-4-11(3)5-7-12/h11-12H,1,4-9H2,2-3H3. The summed E-state index contributed by atoms with van der Waals surface area (Å²) in [6, 6.07) is 0. The van der Waals surface area contributed by atoms with E-state index in [4.69, 9.17) is 9.47 Å². The second-order valence-electron chi connectivity index (χ2n) is 5.04. The van der Waals surface area contributed by atoms with Gasteiger partial charge in [-0.15, -0.1) is 0 Å². The Morgan fingerprint density at radius 2 is 1.83 bits per heavy atom. The van der Waals surface area contributed by atoms with Gasteiger partial charge in [0.15, 0.2) is 0 Å². The highest BCUT2D eigenvalue weighted by Gasteiger charge is 2.21. The summed E-state index contributed by atoms with van der Waals surface area (Å²) in [6.07, 6.45) is 4.28. The van der Waals surface area contributed by atoms with Crippen molar-refractivity contribution >= 4 is 11.9 Å². The number of hydrogen-bond acceptors (Lipinski definition) is 4. The first-order chi connectivity index (χ1) is 8.49. The summed E-state index contributed by atoms with van der Waals surface area (Å²) in [6.45, 7) is 7.32. The van der Waals surface area contributed by atoms with Crippen LogP contribution in [0, 0.1) is 5.92 Å². The van der Waals surface area contributed by atoms with E-state index in [0.29, 0.717) is 5.57 Å². The molecular formula is C14H22O4. The molecule has 18 heavy (non-hydrogen) atoms. The molecule has 0 amide bonds. The van der Waals surface area contributed by atoms with Crippen molar-refractivity contribution < 1.29 is 19.1 Å². The van der Waals surface area contributed by atoms with E-state index in [1.807, 2.05) is 0 Å². The van der Waals surface area contributed by atoms with E-state index in [1.54, 1.807) is 6.92 Å². The van der Waals surface area contributed by atoms with Gasteiger partial charge in [-0.05, 0) is 38.5 Å². The second kappa shape index (κ2) is 7.19. The van der Waals surface area contributed by atoms with Crippen LogP contribution in [-0.2, 0) is 19.1 Å². The second-order valence-corrected chi connectivity index (χ2v) is 5.04. The van der Waals surface area contributed by atoms with Crippen LogP contribution < -0.4 is 0 Å². The molecule has 102 valence electrons. The average Bonchev–Trinajstić information content (AvgIpc) is 2.32. The number of rotatable bonds is 5. The normalized spacial score (nSPS) is 23.2. The van der Waals surface area contributed by atoms with Gasteiger partial charge in [0.05, 0.1) is 6.42 Å². The van der Waals surface area contributed by atoms with E-state index in [0.717, 1.165) is 31.6 Å². The van der Waals surface area contributed by atoms with Crippen LogP contribution in [0.1, 0.15) is 46.0 Å². The van der Waals surface area contributed by atoms with Gasteiger partial charge in [-0.25, -0.2) is 4.79 Å². The lowest BCUT2D eigenvalue weighted by atomic mass is 9.89. The summed E-state index contributed by atoms with van der Waals surface area (Å²) in [5.41, 5.74) is 0.338. The molecule has 1 aliphatic rings. The Hall–Kier alpha value is -1.32. The molecule has 0 saturated heterocycles. The maximum Gasteiger partial charge on any atom is 0.333 e. The van der Waals surface area contributed by atoms with Crippen LogP contribution in [0.15, 0.2) is 12.2 Å². The van der Waals surface area contributed by atoms with Crippen molar-refractivity contribution in [3.05, 3.63) is 12.2 Å². The average molecular weight is 254 g/mol. The van der Waals surface area contributed by atoms with Gasteiger partial charge < -0.3 is 9.47 Å². The van der Waals surface area contributed by atoms with Crippen molar-refractivity contribution in [2.24, 2.45) is 5.92 Å². The Bertz CT molecular complexity index is 314. The first-order valence-corrected chi connectivity index (χ1v) is 6.51. The van der Waals surface area contributed by atoms with Crippen LogP contribution in [0.5, 0.6) is 0 Å². The van der Waals surface area contributed by atoms with Gasteiger partial charge in [0, 0.05) is 5.57 Å². The fourth-order valence-corrected chi connectivity index (χ4v) is 1.94. The zero-order chi connectivity index (χ0) is 13.5. The minimum atomic E-state index is -0.464. The van der Waals surface area contributed by atoms with E-state index in [9.17, 15) is 9.59 Å². The van der Waals surface area contributed by atoms with Crippen molar-refractivity contribution in [3.63, 3.8) is 0 Å². The minimum absolute atomic E-state index is 0.0468. The van der Waals surface area contributed by atoms with Crippen LogP contribution >= 0.6 is 0 Å². The highest BCUT2D eigenvalue weighted by Crippen LogP contribution is 2.25. The molecule has 0 radical (unpaired) electrons. The van der Waals surface area contributed by atoms with E-state index < -0.39 is 5.97 Å². The SMILES string of the molecule is C=C(C)C(=O)OCCC(=O)OC1CCC(C)CC1. The van der Waals surface area contributed by atoms with E-state index in [-0.39, 0.29) is 25.1 Å². The largest absolute Gasteiger partial charge is 0.462 e. The maximum atomic E-state index is 11.5. The van der Waals surface area contributed by atoms with Crippen LogP contribution in [0.2, 0.25) is 0 Å². The van der Waals surface area contributed by atoms with Gasteiger partial charge in [0.1, 0.15) is 12.7 Å². The molecule has 1 rings (SSSR count). The zero-order valence-corrected chi connectivity index (χ0v) is 11.2. The fourth-order valence-electron chi connectivity index (χ4n) is 1.94. The molecule has 0 aromatic carbocycles. The summed E-state index contributed by atoms with van der Waals surface area (Å²) in [5.74, 6) is -0.0187. The van der Waals surface area contributed by atoms with E-state index in [1.165, 1.54) is 0 Å². The van der Waals surface area contributed by atoms with Crippen LogP contribution in [0.4, 0.5) is 0 Å².